The highest BCUT2D eigenvalue weighted by atomic mass is 35.5. The SMILES string of the molecule is Cl.O=C(C[C@@H](CNC(=O)C1CCNCC1)c1ccc(Cl)cc1)N[C@@H](Cc1ccccc1)C(=O)O. The molecule has 2 aromatic carbocycles. The highest BCUT2D eigenvalue weighted by molar-refractivity contribution is 6.30. The van der Waals surface area contributed by atoms with E-state index in [9.17, 15) is 19.5 Å². The highest BCUT2D eigenvalue weighted by Crippen LogP contribution is 2.22. The Hall–Kier alpha value is -2.61. The Bertz CT molecular complexity index is 935. The number of hydrogen-bond acceptors (Lipinski definition) is 4. The molecule has 4 N–H and O–H groups in total. The molecule has 0 spiro atoms. The zero-order valence-corrected chi connectivity index (χ0v) is 20.4. The van der Waals surface area contributed by atoms with Crippen molar-refractivity contribution in [2.75, 3.05) is 19.6 Å². The summed E-state index contributed by atoms with van der Waals surface area (Å²) in [5.74, 6) is -1.82. The minimum absolute atomic E-state index is 0. The minimum atomic E-state index is -1.09. The zero-order chi connectivity index (χ0) is 23.6. The summed E-state index contributed by atoms with van der Waals surface area (Å²) in [6, 6.07) is 15.3. The molecule has 0 unspecified atom stereocenters. The topological polar surface area (TPSA) is 108 Å². The molecule has 9 heteroatoms. The number of carbonyl (C=O) groups excluding carboxylic acids is 2. The lowest BCUT2D eigenvalue weighted by atomic mass is 9.93. The molecule has 1 fully saturated rings. The number of benzene rings is 2. The fourth-order valence-electron chi connectivity index (χ4n) is 4.02. The summed E-state index contributed by atoms with van der Waals surface area (Å²) in [5, 5.41) is 19.0. The van der Waals surface area contributed by atoms with Crippen molar-refractivity contribution in [1.29, 1.82) is 0 Å². The summed E-state index contributed by atoms with van der Waals surface area (Å²) in [5.41, 5.74) is 1.68. The predicted molar refractivity (Wildman–Crippen MR) is 134 cm³/mol. The number of piperidine rings is 1. The van der Waals surface area contributed by atoms with Crippen LogP contribution in [-0.4, -0.2) is 48.6 Å². The van der Waals surface area contributed by atoms with Crippen molar-refractivity contribution in [3.63, 3.8) is 0 Å². The van der Waals surface area contributed by atoms with Gasteiger partial charge < -0.3 is 21.1 Å². The maximum absolute atomic E-state index is 12.8. The van der Waals surface area contributed by atoms with E-state index < -0.39 is 12.0 Å². The molecule has 184 valence electrons. The molecule has 0 bridgehead atoms. The van der Waals surface area contributed by atoms with Crippen LogP contribution in [0.4, 0.5) is 0 Å². The number of rotatable bonds is 10. The molecule has 1 aliphatic heterocycles. The lowest BCUT2D eigenvalue weighted by Gasteiger charge is -2.24. The maximum atomic E-state index is 12.8. The number of amides is 2. The first kappa shape index (κ1) is 27.6. The number of carbonyl (C=O) groups is 3. The molecular weight excluding hydrogens is 477 g/mol. The van der Waals surface area contributed by atoms with Crippen LogP contribution < -0.4 is 16.0 Å². The van der Waals surface area contributed by atoms with Gasteiger partial charge in [-0.2, -0.15) is 0 Å². The highest BCUT2D eigenvalue weighted by Gasteiger charge is 2.25. The van der Waals surface area contributed by atoms with Crippen LogP contribution in [-0.2, 0) is 20.8 Å². The lowest BCUT2D eigenvalue weighted by molar-refractivity contribution is -0.141. The van der Waals surface area contributed by atoms with Gasteiger partial charge in [-0.05, 0) is 49.2 Å². The van der Waals surface area contributed by atoms with Gasteiger partial charge in [-0.3, -0.25) is 9.59 Å². The Morgan fingerprint density at radius 1 is 1.03 bits per heavy atom. The van der Waals surface area contributed by atoms with E-state index >= 15 is 0 Å². The van der Waals surface area contributed by atoms with Crippen LogP contribution in [0.5, 0.6) is 0 Å². The summed E-state index contributed by atoms with van der Waals surface area (Å²) in [4.78, 5) is 37.2. The van der Waals surface area contributed by atoms with Crippen molar-refractivity contribution >= 4 is 41.8 Å². The number of hydrogen-bond donors (Lipinski definition) is 4. The third kappa shape index (κ3) is 8.63. The predicted octanol–water partition coefficient (Wildman–Crippen LogP) is 3.16. The number of halogens is 2. The molecule has 0 aromatic heterocycles. The number of carboxylic acids is 1. The largest absolute Gasteiger partial charge is 0.480 e. The Morgan fingerprint density at radius 2 is 1.68 bits per heavy atom. The fraction of sp³-hybridized carbons (Fsp3) is 0.400. The second-order valence-corrected chi connectivity index (χ2v) is 8.81. The van der Waals surface area contributed by atoms with E-state index in [0.29, 0.717) is 5.02 Å². The van der Waals surface area contributed by atoms with E-state index in [4.69, 9.17) is 11.6 Å². The minimum Gasteiger partial charge on any atom is -0.480 e. The van der Waals surface area contributed by atoms with Crippen molar-refractivity contribution in [1.82, 2.24) is 16.0 Å². The molecule has 0 saturated carbocycles. The second kappa shape index (κ2) is 13.9. The molecule has 7 nitrogen and oxygen atoms in total. The van der Waals surface area contributed by atoms with Gasteiger partial charge in [0.25, 0.3) is 0 Å². The molecule has 0 radical (unpaired) electrons. The Balaban J connectivity index is 0.00000408. The third-order valence-corrected chi connectivity index (χ3v) is 6.17. The third-order valence-electron chi connectivity index (χ3n) is 5.92. The molecule has 2 aromatic rings. The van der Waals surface area contributed by atoms with E-state index in [2.05, 4.69) is 16.0 Å². The average molecular weight is 508 g/mol. The van der Waals surface area contributed by atoms with Crippen LogP contribution in [0.1, 0.15) is 36.3 Å². The average Bonchev–Trinajstić information content (AvgIpc) is 2.83. The van der Waals surface area contributed by atoms with E-state index in [1.54, 1.807) is 12.1 Å². The Labute approximate surface area is 211 Å². The molecular formula is C25H31Cl2N3O4. The van der Waals surface area contributed by atoms with Crippen molar-refractivity contribution in [2.45, 2.75) is 37.6 Å². The van der Waals surface area contributed by atoms with Crippen molar-refractivity contribution in [2.24, 2.45) is 5.92 Å². The number of aliphatic carboxylic acids is 1. The second-order valence-electron chi connectivity index (χ2n) is 8.37. The van der Waals surface area contributed by atoms with Gasteiger partial charge in [0, 0.05) is 36.2 Å². The van der Waals surface area contributed by atoms with Gasteiger partial charge in [-0.25, -0.2) is 4.79 Å². The van der Waals surface area contributed by atoms with Crippen LogP contribution in [0.3, 0.4) is 0 Å². The molecule has 34 heavy (non-hydrogen) atoms. The smallest absolute Gasteiger partial charge is 0.326 e. The van der Waals surface area contributed by atoms with Crippen molar-refractivity contribution in [3.8, 4) is 0 Å². The summed E-state index contributed by atoms with van der Waals surface area (Å²) in [6.45, 7) is 1.92. The molecule has 3 rings (SSSR count). The zero-order valence-electron chi connectivity index (χ0n) is 18.8. The van der Waals surface area contributed by atoms with Gasteiger partial charge in [0.1, 0.15) is 6.04 Å². The fourth-order valence-corrected chi connectivity index (χ4v) is 4.15. The first-order valence-corrected chi connectivity index (χ1v) is 11.6. The Morgan fingerprint density at radius 3 is 2.29 bits per heavy atom. The molecule has 2 atom stereocenters. The number of nitrogens with one attached hydrogen (secondary N) is 3. The van der Waals surface area contributed by atoms with Crippen LogP contribution in [0.25, 0.3) is 0 Å². The van der Waals surface area contributed by atoms with E-state index in [1.807, 2.05) is 42.5 Å². The first-order valence-electron chi connectivity index (χ1n) is 11.2. The molecule has 0 aliphatic carbocycles. The normalized spacial score (nSPS) is 15.4. The maximum Gasteiger partial charge on any atom is 0.326 e. The van der Waals surface area contributed by atoms with E-state index in [1.165, 1.54) is 0 Å². The summed E-state index contributed by atoms with van der Waals surface area (Å²) in [7, 11) is 0. The summed E-state index contributed by atoms with van der Waals surface area (Å²) < 4.78 is 0. The molecule has 1 saturated heterocycles. The summed E-state index contributed by atoms with van der Waals surface area (Å²) in [6.07, 6.45) is 1.82. The van der Waals surface area contributed by atoms with Crippen LogP contribution >= 0.6 is 24.0 Å². The van der Waals surface area contributed by atoms with Crippen LogP contribution in [0, 0.1) is 5.92 Å². The monoisotopic (exact) mass is 507 g/mol. The molecule has 1 aliphatic rings. The van der Waals surface area contributed by atoms with Crippen molar-refractivity contribution < 1.29 is 19.5 Å². The van der Waals surface area contributed by atoms with Gasteiger partial charge in [-0.15, -0.1) is 12.4 Å². The van der Waals surface area contributed by atoms with Gasteiger partial charge in [0.15, 0.2) is 0 Å². The Kier molecular flexibility index (Phi) is 11.3. The van der Waals surface area contributed by atoms with E-state index in [0.717, 1.165) is 37.1 Å². The number of carboxylic acid groups (broad SMARTS) is 1. The van der Waals surface area contributed by atoms with Crippen LogP contribution in [0.15, 0.2) is 54.6 Å². The lowest BCUT2D eigenvalue weighted by Crippen LogP contribution is -2.44. The van der Waals surface area contributed by atoms with Crippen molar-refractivity contribution in [3.05, 3.63) is 70.7 Å². The van der Waals surface area contributed by atoms with Gasteiger partial charge >= 0.3 is 5.97 Å². The van der Waals surface area contributed by atoms with Gasteiger partial charge in [0.05, 0.1) is 0 Å². The van der Waals surface area contributed by atoms with Gasteiger partial charge in [-0.1, -0.05) is 54.1 Å². The standard InChI is InChI=1S/C25H30ClN3O4.ClH/c26-21-8-6-18(7-9-21)20(16-28-24(31)19-10-12-27-13-11-19)15-23(30)29-22(25(32)33)14-17-4-2-1-3-5-17;/h1-9,19-20,22,27H,10-16H2,(H,28,31)(H,29,30)(H,32,33);1H/t20-,22-;/m0./s1. The van der Waals surface area contributed by atoms with Gasteiger partial charge in [0.2, 0.25) is 11.8 Å². The quantitative estimate of drug-likeness (QED) is 0.395. The molecule has 1 heterocycles. The molecule has 2 amide bonds. The van der Waals surface area contributed by atoms with Crippen LogP contribution in [0.2, 0.25) is 5.02 Å². The summed E-state index contributed by atoms with van der Waals surface area (Å²) >= 11 is 6.01. The first-order chi connectivity index (χ1) is 15.9. The van der Waals surface area contributed by atoms with E-state index in [-0.39, 0.29) is 55.4 Å².